The highest BCUT2D eigenvalue weighted by Gasteiger charge is 2.35. The van der Waals surface area contributed by atoms with Gasteiger partial charge >= 0.3 is 0 Å². The lowest BCUT2D eigenvalue weighted by Crippen LogP contribution is -2.47. The highest BCUT2D eigenvalue weighted by molar-refractivity contribution is 5.88. The second kappa shape index (κ2) is 9.77. The molecule has 0 aromatic rings. The van der Waals surface area contributed by atoms with Gasteiger partial charge in [0.2, 0.25) is 11.8 Å². The van der Waals surface area contributed by atoms with E-state index in [2.05, 4.69) is 0 Å². The maximum Gasteiger partial charge on any atom is 0.245 e. The summed E-state index contributed by atoms with van der Waals surface area (Å²) in [5, 5.41) is 0. The molecule has 0 aromatic carbocycles. The predicted octanol–water partition coefficient (Wildman–Crippen LogP) is 1.75. The second-order valence-corrected chi connectivity index (χ2v) is 5.71. The fourth-order valence-electron chi connectivity index (χ4n) is 2.99. The minimum Gasteiger partial charge on any atom is -0.341 e. The van der Waals surface area contributed by atoms with Gasteiger partial charge in [-0.25, -0.2) is 0 Å². The van der Waals surface area contributed by atoms with Crippen LogP contribution in [-0.2, 0) is 9.59 Å². The van der Waals surface area contributed by atoms with Crippen molar-refractivity contribution in [2.24, 2.45) is 5.73 Å². The Morgan fingerprint density at radius 3 is 2.43 bits per heavy atom. The first-order valence-corrected chi connectivity index (χ1v) is 8.44. The van der Waals surface area contributed by atoms with Gasteiger partial charge in [-0.1, -0.05) is 12.8 Å². The molecule has 1 fully saturated rings. The van der Waals surface area contributed by atoms with Crippen LogP contribution < -0.4 is 5.73 Å². The van der Waals surface area contributed by atoms with E-state index in [-0.39, 0.29) is 17.9 Å². The van der Waals surface area contributed by atoms with Crippen LogP contribution in [0.15, 0.2) is 0 Å². The molecule has 1 heterocycles. The standard InChI is InChI=1S/C16H31N3O2/c1-3-18(4-2)16(21)14-10-9-13-19(14)15(20)11-7-5-6-8-12-17/h14H,3-13,17H2,1-2H3. The van der Waals surface area contributed by atoms with Gasteiger partial charge in [0.1, 0.15) is 6.04 Å². The molecule has 2 N–H and O–H groups in total. The van der Waals surface area contributed by atoms with E-state index in [0.717, 1.165) is 51.6 Å². The minimum absolute atomic E-state index is 0.119. The largest absolute Gasteiger partial charge is 0.341 e. The average Bonchev–Trinajstić information content (AvgIpc) is 2.97. The number of likely N-dealkylation sites (N-methyl/N-ethyl adjacent to an activating group) is 1. The number of nitrogens with two attached hydrogens (primary N) is 1. The molecule has 0 radical (unpaired) electrons. The Labute approximate surface area is 128 Å². The zero-order valence-electron chi connectivity index (χ0n) is 13.6. The first-order valence-electron chi connectivity index (χ1n) is 8.44. The van der Waals surface area contributed by atoms with E-state index < -0.39 is 0 Å². The zero-order valence-corrected chi connectivity index (χ0v) is 13.6. The van der Waals surface area contributed by atoms with Crippen molar-refractivity contribution in [3.05, 3.63) is 0 Å². The van der Waals surface area contributed by atoms with Crippen LogP contribution in [0.3, 0.4) is 0 Å². The summed E-state index contributed by atoms with van der Waals surface area (Å²) in [5.41, 5.74) is 5.46. The van der Waals surface area contributed by atoms with Gasteiger partial charge < -0.3 is 15.5 Å². The molecule has 1 rings (SSSR count). The predicted molar refractivity (Wildman–Crippen MR) is 84.8 cm³/mol. The number of unbranched alkanes of at least 4 members (excludes halogenated alkanes) is 3. The van der Waals surface area contributed by atoms with Gasteiger partial charge in [-0.15, -0.1) is 0 Å². The molecule has 2 amide bonds. The van der Waals surface area contributed by atoms with Crippen LogP contribution in [0.2, 0.25) is 0 Å². The van der Waals surface area contributed by atoms with Crippen molar-refractivity contribution in [1.82, 2.24) is 9.80 Å². The fourth-order valence-corrected chi connectivity index (χ4v) is 2.99. The van der Waals surface area contributed by atoms with Gasteiger partial charge in [0, 0.05) is 26.1 Å². The highest BCUT2D eigenvalue weighted by atomic mass is 16.2. The molecule has 0 saturated carbocycles. The molecule has 1 aliphatic rings. The summed E-state index contributed by atoms with van der Waals surface area (Å²) in [4.78, 5) is 28.4. The minimum atomic E-state index is -0.221. The van der Waals surface area contributed by atoms with Gasteiger partial charge in [-0.3, -0.25) is 9.59 Å². The third kappa shape index (κ3) is 5.30. The Morgan fingerprint density at radius 1 is 1.14 bits per heavy atom. The Kier molecular flexibility index (Phi) is 8.35. The molecule has 1 unspecified atom stereocenters. The van der Waals surface area contributed by atoms with Gasteiger partial charge in [0.05, 0.1) is 0 Å². The molecule has 0 aliphatic carbocycles. The Hall–Kier alpha value is -1.10. The van der Waals surface area contributed by atoms with E-state index in [0.29, 0.717) is 19.5 Å². The highest BCUT2D eigenvalue weighted by Crippen LogP contribution is 2.21. The van der Waals surface area contributed by atoms with Crippen molar-refractivity contribution in [2.45, 2.75) is 64.8 Å². The lowest BCUT2D eigenvalue weighted by atomic mass is 10.1. The quantitative estimate of drug-likeness (QED) is 0.659. The molecule has 0 aromatic heterocycles. The van der Waals surface area contributed by atoms with Crippen molar-refractivity contribution in [2.75, 3.05) is 26.2 Å². The fraction of sp³-hybridized carbons (Fsp3) is 0.875. The zero-order chi connectivity index (χ0) is 15.7. The third-order valence-corrected chi connectivity index (χ3v) is 4.28. The molecule has 1 saturated heterocycles. The average molecular weight is 297 g/mol. The maximum atomic E-state index is 12.5. The van der Waals surface area contributed by atoms with Gasteiger partial charge in [-0.2, -0.15) is 0 Å². The monoisotopic (exact) mass is 297 g/mol. The molecule has 21 heavy (non-hydrogen) atoms. The normalized spacial score (nSPS) is 18.0. The van der Waals surface area contributed by atoms with Crippen LogP contribution in [-0.4, -0.2) is 53.8 Å². The van der Waals surface area contributed by atoms with Gasteiger partial charge in [0.15, 0.2) is 0 Å². The molecular formula is C16H31N3O2. The maximum absolute atomic E-state index is 12.5. The summed E-state index contributed by atoms with van der Waals surface area (Å²) < 4.78 is 0. The SMILES string of the molecule is CCN(CC)C(=O)C1CCCN1C(=O)CCCCCCN. The van der Waals surface area contributed by atoms with Crippen LogP contribution in [0, 0.1) is 0 Å². The number of nitrogens with zero attached hydrogens (tertiary/aromatic N) is 2. The summed E-state index contributed by atoms with van der Waals surface area (Å²) in [5.74, 6) is 0.264. The van der Waals surface area contributed by atoms with Gasteiger partial charge in [-0.05, 0) is 46.1 Å². The third-order valence-electron chi connectivity index (χ3n) is 4.28. The van der Waals surface area contributed by atoms with E-state index in [1.54, 1.807) is 0 Å². The van der Waals surface area contributed by atoms with E-state index in [9.17, 15) is 9.59 Å². The Balaban J connectivity index is 2.44. The summed E-state index contributed by atoms with van der Waals surface area (Å²) in [6, 6.07) is -0.221. The number of hydrogen-bond acceptors (Lipinski definition) is 3. The second-order valence-electron chi connectivity index (χ2n) is 5.71. The van der Waals surface area contributed by atoms with Crippen molar-refractivity contribution in [3.8, 4) is 0 Å². The van der Waals surface area contributed by atoms with Crippen LogP contribution in [0.4, 0.5) is 0 Å². The van der Waals surface area contributed by atoms with Crippen LogP contribution in [0.1, 0.15) is 58.8 Å². The van der Waals surface area contributed by atoms with Crippen molar-refractivity contribution >= 4 is 11.8 Å². The summed E-state index contributed by atoms with van der Waals surface area (Å²) in [7, 11) is 0. The van der Waals surface area contributed by atoms with Crippen LogP contribution in [0.25, 0.3) is 0 Å². The number of carbonyl (C=O) groups excluding carboxylic acids is 2. The lowest BCUT2D eigenvalue weighted by Gasteiger charge is -2.29. The number of rotatable bonds is 9. The number of likely N-dealkylation sites (tertiary alicyclic amines) is 1. The van der Waals surface area contributed by atoms with Gasteiger partial charge in [0.25, 0.3) is 0 Å². The Bertz CT molecular complexity index is 329. The number of hydrogen-bond donors (Lipinski definition) is 1. The van der Waals surface area contributed by atoms with Crippen LogP contribution >= 0.6 is 0 Å². The molecular weight excluding hydrogens is 266 g/mol. The van der Waals surface area contributed by atoms with Crippen molar-refractivity contribution in [1.29, 1.82) is 0 Å². The topological polar surface area (TPSA) is 66.6 Å². The molecule has 1 atom stereocenters. The van der Waals surface area contributed by atoms with E-state index in [4.69, 9.17) is 5.73 Å². The number of amides is 2. The van der Waals surface area contributed by atoms with E-state index >= 15 is 0 Å². The lowest BCUT2D eigenvalue weighted by molar-refractivity contribution is -0.143. The van der Waals surface area contributed by atoms with Crippen molar-refractivity contribution < 1.29 is 9.59 Å². The molecule has 0 bridgehead atoms. The Morgan fingerprint density at radius 2 is 1.81 bits per heavy atom. The molecule has 5 nitrogen and oxygen atoms in total. The summed E-state index contributed by atoms with van der Waals surface area (Å²) in [6.45, 7) is 6.86. The van der Waals surface area contributed by atoms with Crippen molar-refractivity contribution in [3.63, 3.8) is 0 Å². The molecule has 122 valence electrons. The molecule has 0 spiro atoms. The summed E-state index contributed by atoms with van der Waals surface area (Å²) in [6.07, 6.45) is 6.39. The summed E-state index contributed by atoms with van der Waals surface area (Å²) >= 11 is 0. The molecule has 1 aliphatic heterocycles. The smallest absolute Gasteiger partial charge is 0.245 e. The van der Waals surface area contributed by atoms with Crippen LogP contribution in [0.5, 0.6) is 0 Å². The first kappa shape index (κ1) is 18.0. The van der Waals surface area contributed by atoms with E-state index in [1.807, 2.05) is 23.6 Å². The van der Waals surface area contributed by atoms with E-state index in [1.165, 1.54) is 0 Å². The molecule has 5 heteroatoms. The number of carbonyl (C=O) groups is 2. The first-order chi connectivity index (χ1) is 10.2.